The van der Waals surface area contributed by atoms with E-state index in [4.69, 9.17) is 4.74 Å². The van der Waals surface area contributed by atoms with Gasteiger partial charge in [-0.05, 0) is 41.5 Å². The molecule has 3 heteroatoms. The van der Waals surface area contributed by atoms with Gasteiger partial charge in [0.15, 0.2) is 0 Å². The van der Waals surface area contributed by atoms with Crippen LogP contribution >= 0.6 is 0 Å². The monoisotopic (exact) mass is 327 g/mol. The van der Waals surface area contributed by atoms with Gasteiger partial charge in [-0.15, -0.1) is 0 Å². The van der Waals surface area contributed by atoms with Gasteiger partial charge in [-0.1, -0.05) is 48.5 Å². The van der Waals surface area contributed by atoms with Crippen molar-refractivity contribution in [1.82, 2.24) is 4.57 Å². The largest absolute Gasteiger partial charge is 0.497 e. The van der Waals surface area contributed by atoms with Crippen LogP contribution in [0.2, 0.25) is 0 Å². The number of hydrogen-bond acceptors (Lipinski definition) is 2. The molecule has 3 nitrogen and oxygen atoms in total. The third-order valence-corrected chi connectivity index (χ3v) is 4.34. The lowest BCUT2D eigenvalue weighted by molar-refractivity contribution is 0.415. The van der Waals surface area contributed by atoms with E-state index in [0.29, 0.717) is 0 Å². The summed E-state index contributed by atoms with van der Waals surface area (Å²) in [5.41, 5.74) is 3.64. The minimum Gasteiger partial charge on any atom is -0.497 e. The number of methoxy groups -OCH3 is 1. The average Bonchev–Trinajstić information content (AvgIpc) is 2.68. The standard InChI is InChI=1S/C22H17NO2/c1-25-18-13-11-16(12-14-18)20-15-22(24)23(17-7-3-2-4-8-17)21-10-6-5-9-19(20)21/h2-15H,1H3. The molecule has 0 saturated heterocycles. The smallest absolute Gasteiger partial charge is 0.256 e. The molecule has 0 saturated carbocycles. The highest BCUT2D eigenvalue weighted by Gasteiger charge is 2.11. The molecule has 0 radical (unpaired) electrons. The summed E-state index contributed by atoms with van der Waals surface area (Å²) in [6.45, 7) is 0. The van der Waals surface area contributed by atoms with Crippen LogP contribution in [0.3, 0.4) is 0 Å². The summed E-state index contributed by atoms with van der Waals surface area (Å²) in [5, 5.41) is 1.04. The Morgan fingerprint density at radius 1 is 0.800 bits per heavy atom. The molecule has 0 atom stereocenters. The Kier molecular flexibility index (Phi) is 3.82. The van der Waals surface area contributed by atoms with Gasteiger partial charge in [0.1, 0.15) is 5.75 Å². The number of benzene rings is 3. The zero-order chi connectivity index (χ0) is 17.2. The van der Waals surface area contributed by atoms with Crippen molar-refractivity contribution in [2.75, 3.05) is 7.11 Å². The van der Waals surface area contributed by atoms with E-state index in [9.17, 15) is 4.79 Å². The first-order valence-corrected chi connectivity index (χ1v) is 8.12. The van der Waals surface area contributed by atoms with Gasteiger partial charge in [0, 0.05) is 17.1 Å². The lowest BCUT2D eigenvalue weighted by atomic mass is 10.0. The highest BCUT2D eigenvalue weighted by Crippen LogP contribution is 2.29. The molecule has 1 aromatic heterocycles. The van der Waals surface area contributed by atoms with Crippen LogP contribution < -0.4 is 10.3 Å². The van der Waals surface area contributed by atoms with Crippen molar-refractivity contribution in [3.05, 3.63) is 95.3 Å². The first-order chi connectivity index (χ1) is 12.3. The van der Waals surface area contributed by atoms with E-state index in [-0.39, 0.29) is 5.56 Å². The number of para-hydroxylation sites is 2. The van der Waals surface area contributed by atoms with Crippen molar-refractivity contribution in [2.24, 2.45) is 0 Å². The van der Waals surface area contributed by atoms with Crippen LogP contribution in [0.15, 0.2) is 89.7 Å². The van der Waals surface area contributed by atoms with Gasteiger partial charge in [0.25, 0.3) is 5.56 Å². The number of nitrogens with zero attached hydrogens (tertiary/aromatic N) is 1. The van der Waals surface area contributed by atoms with E-state index in [1.807, 2.05) is 78.9 Å². The molecular weight excluding hydrogens is 310 g/mol. The third kappa shape index (κ3) is 2.70. The fourth-order valence-corrected chi connectivity index (χ4v) is 3.13. The number of pyridine rings is 1. The zero-order valence-electron chi connectivity index (χ0n) is 13.8. The van der Waals surface area contributed by atoms with Crippen molar-refractivity contribution in [3.8, 4) is 22.6 Å². The van der Waals surface area contributed by atoms with Gasteiger partial charge in [-0.3, -0.25) is 9.36 Å². The number of rotatable bonds is 3. The Labute approximate surface area is 145 Å². The number of aromatic nitrogens is 1. The van der Waals surface area contributed by atoms with Gasteiger partial charge in [0.2, 0.25) is 0 Å². The zero-order valence-corrected chi connectivity index (χ0v) is 13.8. The summed E-state index contributed by atoms with van der Waals surface area (Å²) in [6.07, 6.45) is 0. The van der Waals surface area contributed by atoms with Crippen LogP contribution in [0.5, 0.6) is 5.75 Å². The van der Waals surface area contributed by atoms with Crippen molar-refractivity contribution in [3.63, 3.8) is 0 Å². The second kappa shape index (κ2) is 6.29. The molecule has 0 N–H and O–H groups in total. The lowest BCUT2D eigenvalue weighted by Gasteiger charge is -2.14. The number of fused-ring (bicyclic) bond motifs is 1. The predicted molar refractivity (Wildman–Crippen MR) is 102 cm³/mol. The molecule has 0 amide bonds. The third-order valence-electron chi connectivity index (χ3n) is 4.34. The molecule has 4 aromatic rings. The Bertz CT molecular complexity index is 1080. The second-order valence-corrected chi connectivity index (χ2v) is 5.81. The van der Waals surface area contributed by atoms with E-state index in [0.717, 1.165) is 33.5 Å². The molecule has 1 heterocycles. The normalized spacial score (nSPS) is 10.8. The highest BCUT2D eigenvalue weighted by atomic mass is 16.5. The Morgan fingerprint density at radius 2 is 1.48 bits per heavy atom. The fraction of sp³-hybridized carbons (Fsp3) is 0.0455. The van der Waals surface area contributed by atoms with Crippen LogP contribution in [-0.2, 0) is 0 Å². The topological polar surface area (TPSA) is 31.2 Å². The minimum absolute atomic E-state index is 0.0456. The van der Waals surface area contributed by atoms with Crippen LogP contribution in [0, 0.1) is 0 Å². The fourth-order valence-electron chi connectivity index (χ4n) is 3.13. The van der Waals surface area contributed by atoms with Gasteiger partial charge < -0.3 is 4.74 Å². The van der Waals surface area contributed by atoms with Crippen molar-refractivity contribution >= 4 is 10.9 Å². The maximum Gasteiger partial charge on any atom is 0.256 e. The SMILES string of the molecule is COc1ccc(-c2cc(=O)n(-c3ccccc3)c3ccccc23)cc1. The van der Waals surface area contributed by atoms with Crippen molar-refractivity contribution in [2.45, 2.75) is 0 Å². The van der Waals surface area contributed by atoms with Gasteiger partial charge in [0.05, 0.1) is 12.6 Å². The number of hydrogen-bond donors (Lipinski definition) is 0. The quantitative estimate of drug-likeness (QED) is 0.548. The Balaban J connectivity index is 2.01. The molecular formula is C22H17NO2. The van der Waals surface area contributed by atoms with Crippen LogP contribution in [-0.4, -0.2) is 11.7 Å². The van der Waals surface area contributed by atoms with Gasteiger partial charge >= 0.3 is 0 Å². The summed E-state index contributed by atoms with van der Waals surface area (Å²) in [5.74, 6) is 0.797. The first-order valence-electron chi connectivity index (χ1n) is 8.12. The van der Waals surface area contributed by atoms with E-state index in [1.165, 1.54) is 0 Å². The summed E-state index contributed by atoms with van der Waals surface area (Å²) in [7, 11) is 1.64. The highest BCUT2D eigenvalue weighted by molar-refractivity contribution is 5.95. The van der Waals surface area contributed by atoms with E-state index in [2.05, 4.69) is 0 Å². The average molecular weight is 327 g/mol. The molecule has 0 aliphatic carbocycles. The molecule has 3 aromatic carbocycles. The van der Waals surface area contributed by atoms with Crippen molar-refractivity contribution < 1.29 is 4.74 Å². The molecule has 0 unspecified atom stereocenters. The summed E-state index contributed by atoms with van der Waals surface area (Å²) in [6, 6.07) is 27.2. The van der Waals surface area contributed by atoms with E-state index < -0.39 is 0 Å². The maximum atomic E-state index is 12.9. The molecule has 0 aliphatic heterocycles. The van der Waals surface area contributed by atoms with E-state index >= 15 is 0 Å². The van der Waals surface area contributed by atoms with Gasteiger partial charge in [-0.25, -0.2) is 0 Å². The Morgan fingerprint density at radius 3 is 2.20 bits per heavy atom. The first kappa shape index (κ1) is 15.2. The minimum atomic E-state index is -0.0456. The second-order valence-electron chi connectivity index (χ2n) is 5.81. The van der Waals surface area contributed by atoms with E-state index in [1.54, 1.807) is 17.7 Å². The summed E-state index contributed by atoms with van der Waals surface area (Å²) < 4.78 is 6.98. The summed E-state index contributed by atoms with van der Waals surface area (Å²) >= 11 is 0. The molecule has 25 heavy (non-hydrogen) atoms. The van der Waals surface area contributed by atoms with Gasteiger partial charge in [-0.2, -0.15) is 0 Å². The Hall–Kier alpha value is -3.33. The molecule has 122 valence electrons. The number of ether oxygens (including phenoxy) is 1. The molecule has 4 rings (SSSR count). The van der Waals surface area contributed by atoms with Crippen LogP contribution in [0.4, 0.5) is 0 Å². The molecule has 0 fully saturated rings. The lowest BCUT2D eigenvalue weighted by Crippen LogP contribution is -2.18. The molecule has 0 aliphatic rings. The molecule has 0 spiro atoms. The van der Waals surface area contributed by atoms with Crippen LogP contribution in [0.1, 0.15) is 0 Å². The maximum absolute atomic E-state index is 12.9. The summed E-state index contributed by atoms with van der Waals surface area (Å²) in [4.78, 5) is 12.9. The predicted octanol–water partition coefficient (Wildman–Crippen LogP) is 4.67. The van der Waals surface area contributed by atoms with Crippen LogP contribution in [0.25, 0.3) is 27.7 Å². The molecule has 0 bridgehead atoms. The van der Waals surface area contributed by atoms with Crippen molar-refractivity contribution in [1.29, 1.82) is 0 Å².